The standard InChI is InChI=1S/C16H17N3O2/c1-17-15(20)12-10-19(11-12)16(21)13-6-2-3-7-14(13)18-8-4-5-9-18/h2-9,12H,10-11H2,1H3,(H,17,20). The van der Waals surface area contributed by atoms with Gasteiger partial charge in [0.05, 0.1) is 17.2 Å². The van der Waals surface area contributed by atoms with E-state index in [1.807, 2.05) is 53.4 Å². The first-order chi connectivity index (χ1) is 10.2. The molecule has 1 aliphatic heterocycles. The fourth-order valence-corrected chi connectivity index (χ4v) is 2.56. The summed E-state index contributed by atoms with van der Waals surface area (Å²) in [5.74, 6) is -0.116. The zero-order chi connectivity index (χ0) is 14.8. The molecule has 1 fully saturated rings. The molecule has 2 amide bonds. The number of amides is 2. The predicted molar refractivity (Wildman–Crippen MR) is 79.2 cm³/mol. The smallest absolute Gasteiger partial charge is 0.256 e. The number of rotatable bonds is 3. The first-order valence-corrected chi connectivity index (χ1v) is 6.94. The van der Waals surface area contributed by atoms with E-state index in [-0.39, 0.29) is 17.7 Å². The molecular formula is C16H17N3O2. The summed E-state index contributed by atoms with van der Waals surface area (Å²) in [6.07, 6.45) is 3.82. The van der Waals surface area contributed by atoms with Crippen LogP contribution in [0.2, 0.25) is 0 Å². The number of aromatic nitrogens is 1. The van der Waals surface area contributed by atoms with E-state index in [2.05, 4.69) is 5.32 Å². The number of carbonyl (C=O) groups excluding carboxylic acids is 2. The van der Waals surface area contributed by atoms with Crippen LogP contribution < -0.4 is 5.32 Å². The van der Waals surface area contributed by atoms with Crippen LogP contribution in [0.1, 0.15) is 10.4 Å². The Morgan fingerprint density at radius 3 is 2.43 bits per heavy atom. The highest BCUT2D eigenvalue weighted by Crippen LogP contribution is 2.22. The number of nitrogens with zero attached hydrogens (tertiary/aromatic N) is 2. The van der Waals surface area contributed by atoms with Gasteiger partial charge in [-0.1, -0.05) is 12.1 Å². The number of para-hydroxylation sites is 1. The van der Waals surface area contributed by atoms with Gasteiger partial charge in [-0.25, -0.2) is 0 Å². The number of nitrogens with one attached hydrogen (secondary N) is 1. The molecule has 5 heteroatoms. The molecule has 3 rings (SSSR count). The third kappa shape index (κ3) is 2.42. The van der Waals surface area contributed by atoms with Crippen molar-refractivity contribution in [2.24, 2.45) is 5.92 Å². The van der Waals surface area contributed by atoms with Gasteiger partial charge in [-0.2, -0.15) is 0 Å². The highest BCUT2D eigenvalue weighted by molar-refractivity contribution is 5.99. The van der Waals surface area contributed by atoms with Crippen molar-refractivity contribution >= 4 is 11.8 Å². The average molecular weight is 283 g/mol. The average Bonchev–Trinajstić information content (AvgIpc) is 2.99. The van der Waals surface area contributed by atoms with Gasteiger partial charge in [0, 0.05) is 32.5 Å². The van der Waals surface area contributed by atoms with E-state index in [4.69, 9.17) is 0 Å². The Labute approximate surface area is 123 Å². The van der Waals surface area contributed by atoms with Gasteiger partial charge >= 0.3 is 0 Å². The summed E-state index contributed by atoms with van der Waals surface area (Å²) in [6.45, 7) is 0.969. The van der Waals surface area contributed by atoms with E-state index in [1.54, 1.807) is 11.9 Å². The van der Waals surface area contributed by atoms with Gasteiger partial charge in [-0.15, -0.1) is 0 Å². The van der Waals surface area contributed by atoms with Crippen LogP contribution in [0.5, 0.6) is 0 Å². The molecule has 1 saturated heterocycles. The van der Waals surface area contributed by atoms with Crippen LogP contribution in [0.3, 0.4) is 0 Å². The molecule has 1 aromatic heterocycles. The van der Waals surface area contributed by atoms with Gasteiger partial charge in [-0.3, -0.25) is 9.59 Å². The summed E-state index contributed by atoms with van der Waals surface area (Å²) in [5.41, 5.74) is 1.51. The minimum atomic E-state index is -0.0855. The largest absolute Gasteiger partial charge is 0.359 e. The SMILES string of the molecule is CNC(=O)C1CN(C(=O)c2ccccc2-n2cccc2)C1. The fourth-order valence-electron chi connectivity index (χ4n) is 2.56. The highest BCUT2D eigenvalue weighted by atomic mass is 16.2. The Kier molecular flexibility index (Phi) is 3.48. The van der Waals surface area contributed by atoms with Crippen molar-refractivity contribution in [3.8, 4) is 5.69 Å². The second-order valence-electron chi connectivity index (χ2n) is 5.13. The monoisotopic (exact) mass is 283 g/mol. The van der Waals surface area contributed by atoms with E-state index in [1.165, 1.54) is 0 Å². The van der Waals surface area contributed by atoms with Crippen molar-refractivity contribution in [1.29, 1.82) is 0 Å². The third-order valence-corrected chi connectivity index (χ3v) is 3.80. The molecule has 0 radical (unpaired) electrons. The highest BCUT2D eigenvalue weighted by Gasteiger charge is 2.36. The number of benzene rings is 1. The lowest BCUT2D eigenvalue weighted by Gasteiger charge is -2.38. The molecule has 0 aliphatic carbocycles. The number of hydrogen-bond acceptors (Lipinski definition) is 2. The van der Waals surface area contributed by atoms with Crippen molar-refractivity contribution in [3.05, 3.63) is 54.4 Å². The lowest BCUT2D eigenvalue weighted by Crippen LogP contribution is -2.55. The van der Waals surface area contributed by atoms with Gasteiger partial charge in [0.25, 0.3) is 5.91 Å². The molecule has 0 saturated carbocycles. The minimum absolute atomic E-state index is 0.00209. The Balaban J connectivity index is 1.79. The summed E-state index contributed by atoms with van der Waals surface area (Å²) in [7, 11) is 1.62. The van der Waals surface area contributed by atoms with Crippen LogP contribution in [0.25, 0.3) is 5.69 Å². The lowest BCUT2D eigenvalue weighted by molar-refractivity contribution is -0.128. The van der Waals surface area contributed by atoms with Gasteiger partial charge in [0.15, 0.2) is 0 Å². The number of likely N-dealkylation sites (tertiary alicyclic amines) is 1. The Morgan fingerprint density at radius 2 is 1.76 bits per heavy atom. The Bertz CT molecular complexity index is 658. The van der Waals surface area contributed by atoms with Crippen molar-refractivity contribution in [2.75, 3.05) is 20.1 Å². The van der Waals surface area contributed by atoms with Crippen LogP contribution in [-0.4, -0.2) is 41.4 Å². The molecule has 0 spiro atoms. The molecule has 2 heterocycles. The molecule has 21 heavy (non-hydrogen) atoms. The topological polar surface area (TPSA) is 54.3 Å². The summed E-state index contributed by atoms with van der Waals surface area (Å²) >= 11 is 0. The second-order valence-corrected chi connectivity index (χ2v) is 5.13. The zero-order valence-corrected chi connectivity index (χ0v) is 11.8. The first-order valence-electron chi connectivity index (χ1n) is 6.94. The summed E-state index contributed by atoms with van der Waals surface area (Å²) < 4.78 is 1.92. The fraction of sp³-hybridized carbons (Fsp3) is 0.250. The van der Waals surface area contributed by atoms with Crippen molar-refractivity contribution in [1.82, 2.24) is 14.8 Å². The van der Waals surface area contributed by atoms with E-state index >= 15 is 0 Å². The van der Waals surface area contributed by atoms with E-state index in [0.717, 1.165) is 5.69 Å². The van der Waals surface area contributed by atoms with Crippen molar-refractivity contribution in [3.63, 3.8) is 0 Å². The molecular weight excluding hydrogens is 266 g/mol. The maximum Gasteiger partial charge on any atom is 0.256 e. The lowest BCUT2D eigenvalue weighted by atomic mass is 9.97. The molecule has 0 unspecified atom stereocenters. The molecule has 0 bridgehead atoms. The van der Waals surface area contributed by atoms with Gasteiger partial charge in [-0.05, 0) is 24.3 Å². The summed E-state index contributed by atoms with van der Waals surface area (Å²) in [6, 6.07) is 11.4. The maximum atomic E-state index is 12.6. The van der Waals surface area contributed by atoms with Gasteiger partial charge in [0.2, 0.25) is 5.91 Å². The Morgan fingerprint density at radius 1 is 1.10 bits per heavy atom. The molecule has 108 valence electrons. The number of carbonyl (C=O) groups is 2. The molecule has 2 aromatic rings. The van der Waals surface area contributed by atoms with Crippen LogP contribution in [0.15, 0.2) is 48.8 Å². The van der Waals surface area contributed by atoms with Crippen LogP contribution in [0.4, 0.5) is 0 Å². The maximum absolute atomic E-state index is 12.6. The minimum Gasteiger partial charge on any atom is -0.359 e. The van der Waals surface area contributed by atoms with E-state index in [9.17, 15) is 9.59 Å². The van der Waals surface area contributed by atoms with E-state index < -0.39 is 0 Å². The molecule has 1 aromatic carbocycles. The molecule has 1 aliphatic rings. The van der Waals surface area contributed by atoms with Crippen molar-refractivity contribution < 1.29 is 9.59 Å². The van der Waals surface area contributed by atoms with E-state index in [0.29, 0.717) is 18.7 Å². The Hall–Kier alpha value is -2.56. The van der Waals surface area contributed by atoms with Crippen LogP contribution >= 0.6 is 0 Å². The van der Waals surface area contributed by atoms with Gasteiger partial charge in [0.1, 0.15) is 0 Å². The molecule has 0 atom stereocenters. The zero-order valence-electron chi connectivity index (χ0n) is 11.8. The van der Waals surface area contributed by atoms with Gasteiger partial charge < -0.3 is 14.8 Å². The summed E-state index contributed by atoms with van der Waals surface area (Å²) in [4.78, 5) is 25.8. The quantitative estimate of drug-likeness (QED) is 0.923. The van der Waals surface area contributed by atoms with Crippen LogP contribution in [0, 0.1) is 5.92 Å². The van der Waals surface area contributed by atoms with Crippen LogP contribution in [-0.2, 0) is 4.79 Å². The molecule has 5 nitrogen and oxygen atoms in total. The summed E-state index contributed by atoms with van der Waals surface area (Å²) in [5, 5.41) is 2.62. The molecule has 1 N–H and O–H groups in total. The first kappa shape index (κ1) is 13.4. The number of hydrogen-bond donors (Lipinski definition) is 1. The normalized spacial score (nSPS) is 14.6. The predicted octanol–water partition coefficient (Wildman–Crippen LogP) is 1.30. The third-order valence-electron chi connectivity index (χ3n) is 3.80. The van der Waals surface area contributed by atoms with Crippen molar-refractivity contribution in [2.45, 2.75) is 0 Å². The second kappa shape index (κ2) is 5.44.